The number of rotatable bonds is 7. The molecule has 13 heavy (non-hydrogen) atoms. The Labute approximate surface area is 91.4 Å². The monoisotopic (exact) mass is 250 g/mol. The van der Waals surface area contributed by atoms with Crippen molar-refractivity contribution in [3.8, 4) is 0 Å². The molecular weight excluding hydrogens is 228 g/mol. The van der Waals surface area contributed by atoms with E-state index in [1.165, 1.54) is 32.1 Å². The van der Waals surface area contributed by atoms with Crippen LogP contribution in [-0.2, 0) is 4.74 Å². The average molecular weight is 251 g/mol. The Hall–Kier alpha value is 0.440. The lowest BCUT2D eigenvalue weighted by atomic mass is 10.1. The van der Waals surface area contributed by atoms with E-state index < -0.39 is 0 Å². The highest BCUT2D eigenvalue weighted by atomic mass is 79.9. The van der Waals surface area contributed by atoms with Crippen molar-refractivity contribution in [3.05, 3.63) is 0 Å². The molecule has 2 heteroatoms. The summed E-state index contributed by atoms with van der Waals surface area (Å²) in [7, 11) is 0. The number of unbranched alkanes of at least 4 members (excludes halogenated alkanes) is 4. The van der Waals surface area contributed by atoms with E-state index in [9.17, 15) is 0 Å². The van der Waals surface area contributed by atoms with Crippen molar-refractivity contribution in [3.63, 3.8) is 0 Å². The van der Waals surface area contributed by atoms with Gasteiger partial charge in [-0.1, -0.05) is 35.2 Å². The van der Waals surface area contributed by atoms with Gasteiger partial charge in [-0.3, -0.25) is 0 Å². The molecule has 0 atom stereocenters. The summed E-state index contributed by atoms with van der Waals surface area (Å²) in [5.74, 6) is 0. The van der Waals surface area contributed by atoms with Crippen LogP contribution in [0, 0.1) is 0 Å². The Balaban J connectivity index is 3.00. The minimum Gasteiger partial charge on any atom is -0.376 e. The number of halogens is 1. The molecule has 0 rings (SSSR count). The third-order valence-corrected chi connectivity index (χ3v) is 2.37. The summed E-state index contributed by atoms with van der Waals surface area (Å²) in [5.41, 5.74) is 0.0376. The second-order valence-corrected chi connectivity index (χ2v) is 5.21. The Morgan fingerprint density at radius 1 is 0.923 bits per heavy atom. The predicted octanol–water partition coefficient (Wildman–Crippen LogP) is 4.15. The van der Waals surface area contributed by atoms with Crippen LogP contribution in [0.15, 0.2) is 0 Å². The minimum atomic E-state index is 0.0376. The maximum absolute atomic E-state index is 5.63. The maximum Gasteiger partial charge on any atom is 0.0598 e. The predicted molar refractivity (Wildman–Crippen MR) is 62.6 cm³/mol. The fourth-order valence-corrected chi connectivity index (χ4v) is 1.50. The summed E-state index contributed by atoms with van der Waals surface area (Å²) in [6.07, 6.45) is 6.52. The van der Waals surface area contributed by atoms with Crippen LogP contribution in [0.5, 0.6) is 0 Å². The molecule has 0 saturated carbocycles. The molecule has 0 radical (unpaired) electrons. The van der Waals surface area contributed by atoms with Crippen LogP contribution in [-0.4, -0.2) is 17.5 Å². The highest BCUT2D eigenvalue weighted by molar-refractivity contribution is 9.09. The van der Waals surface area contributed by atoms with Gasteiger partial charge < -0.3 is 4.74 Å². The van der Waals surface area contributed by atoms with Crippen LogP contribution < -0.4 is 0 Å². The number of hydrogen-bond donors (Lipinski definition) is 0. The number of hydrogen-bond acceptors (Lipinski definition) is 1. The van der Waals surface area contributed by atoms with Crippen molar-refractivity contribution in [1.82, 2.24) is 0 Å². The lowest BCUT2D eigenvalue weighted by Crippen LogP contribution is -2.19. The van der Waals surface area contributed by atoms with Crippen molar-refractivity contribution in [2.24, 2.45) is 0 Å². The van der Waals surface area contributed by atoms with Crippen LogP contribution in [0.1, 0.15) is 52.9 Å². The van der Waals surface area contributed by atoms with Crippen molar-refractivity contribution in [2.75, 3.05) is 11.9 Å². The van der Waals surface area contributed by atoms with Gasteiger partial charge in [0.1, 0.15) is 0 Å². The highest BCUT2D eigenvalue weighted by Crippen LogP contribution is 2.09. The van der Waals surface area contributed by atoms with Gasteiger partial charge in [-0.15, -0.1) is 0 Å². The van der Waals surface area contributed by atoms with Crippen LogP contribution in [0.3, 0.4) is 0 Å². The summed E-state index contributed by atoms with van der Waals surface area (Å²) in [6, 6.07) is 0. The van der Waals surface area contributed by atoms with E-state index in [1.54, 1.807) is 0 Å². The molecule has 0 bridgehead atoms. The van der Waals surface area contributed by atoms with Gasteiger partial charge in [-0.05, 0) is 33.6 Å². The molecule has 80 valence electrons. The van der Waals surface area contributed by atoms with Crippen LogP contribution >= 0.6 is 15.9 Å². The topological polar surface area (TPSA) is 9.23 Å². The van der Waals surface area contributed by atoms with E-state index in [0.717, 1.165) is 11.9 Å². The van der Waals surface area contributed by atoms with Gasteiger partial charge in [0.05, 0.1) is 5.60 Å². The van der Waals surface area contributed by atoms with Gasteiger partial charge in [-0.2, -0.15) is 0 Å². The zero-order valence-electron chi connectivity index (χ0n) is 9.24. The normalized spacial score (nSPS) is 12.0. The van der Waals surface area contributed by atoms with E-state index >= 15 is 0 Å². The Morgan fingerprint density at radius 2 is 1.46 bits per heavy atom. The van der Waals surface area contributed by atoms with E-state index in [-0.39, 0.29) is 5.60 Å². The summed E-state index contributed by atoms with van der Waals surface area (Å²) in [4.78, 5) is 0. The zero-order chi connectivity index (χ0) is 10.2. The van der Waals surface area contributed by atoms with E-state index in [0.29, 0.717) is 0 Å². The molecule has 0 aliphatic rings. The largest absolute Gasteiger partial charge is 0.376 e. The molecule has 0 fully saturated rings. The van der Waals surface area contributed by atoms with Crippen molar-refractivity contribution in [2.45, 2.75) is 58.5 Å². The van der Waals surface area contributed by atoms with Crippen molar-refractivity contribution in [1.29, 1.82) is 0 Å². The van der Waals surface area contributed by atoms with E-state index in [2.05, 4.69) is 36.7 Å². The summed E-state index contributed by atoms with van der Waals surface area (Å²) in [6.45, 7) is 7.24. The Bertz CT molecular complexity index is 107. The molecule has 0 aliphatic heterocycles. The van der Waals surface area contributed by atoms with Gasteiger partial charge in [-0.25, -0.2) is 0 Å². The molecule has 0 saturated heterocycles. The van der Waals surface area contributed by atoms with Crippen molar-refractivity contribution >= 4 is 15.9 Å². The second kappa shape index (κ2) is 7.81. The first-order valence-corrected chi connectivity index (χ1v) is 6.38. The van der Waals surface area contributed by atoms with Gasteiger partial charge in [0.2, 0.25) is 0 Å². The van der Waals surface area contributed by atoms with Crippen molar-refractivity contribution < 1.29 is 4.74 Å². The molecule has 1 nitrogen and oxygen atoms in total. The first-order chi connectivity index (χ1) is 6.06. The van der Waals surface area contributed by atoms with Gasteiger partial charge in [0, 0.05) is 11.9 Å². The third-order valence-electron chi connectivity index (χ3n) is 1.81. The fraction of sp³-hybridized carbons (Fsp3) is 1.00. The standard InChI is InChI=1S/C11H23BrO/c1-11(2,3)13-10-8-6-4-5-7-9-12/h4-10H2,1-3H3. The Morgan fingerprint density at radius 3 is 2.00 bits per heavy atom. The smallest absolute Gasteiger partial charge is 0.0598 e. The summed E-state index contributed by atoms with van der Waals surface area (Å²) >= 11 is 3.43. The molecular formula is C11H23BrO. The molecule has 0 unspecified atom stereocenters. The van der Waals surface area contributed by atoms with Crippen LogP contribution in [0.4, 0.5) is 0 Å². The SMILES string of the molecule is CC(C)(C)OCCCCCCCBr. The zero-order valence-corrected chi connectivity index (χ0v) is 10.8. The highest BCUT2D eigenvalue weighted by Gasteiger charge is 2.08. The second-order valence-electron chi connectivity index (χ2n) is 4.42. The van der Waals surface area contributed by atoms with Gasteiger partial charge >= 0.3 is 0 Å². The third kappa shape index (κ3) is 12.4. The molecule has 0 spiro atoms. The van der Waals surface area contributed by atoms with Crippen LogP contribution in [0.25, 0.3) is 0 Å². The fourth-order valence-electron chi connectivity index (χ4n) is 1.11. The van der Waals surface area contributed by atoms with E-state index in [4.69, 9.17) is 4.74 Å². The molecule has 0 heterocycles. The van der Waals surface area contributed by atoms with E-state index in [1.807, 2.05) is 0 Å². The summed E-state index contributed by atoms with van der Waals surface area (Å²) in [5, 5.41) is 1.14. The molecule has 0 aliphatic carbocycles. The lowest BCUT2D eigenvalue weighted by Gasteiger charge is -2.19. The Kier molecular flexibility index (Phi) is 8.07. The lowest BCUT2D eigenvalue weighted by molar-refractivity contribution is -0.00473. The van der Waals surface area contributed by atoms with Gasteiger partial charge in [0.25, 0.3) is 0 Å². The first kappa shape index (κ1) is 13.4. The maximum atomic E-state index is 5.63. The summed E-state index contributed by atoms with van der Waals surface area (Å²) < 4.78 is 5.63. The number of alkyl halides is 1. The first-order valence-electron chi connectivity index (χ1n) is 5.26. The average Bonchev–Trinajstić information content (AvgIpc) is 2.01. The van der Waals surface area contributed by atoms with Gasteiger partial charge in [0.15, 0.2) is 0 Å². The van der Waals surface area contributed by atoms with Crippen LogP contribution in [0.2, 0.25) is 0 Å². The quantitative estimate of drug-likeness (QED) is 0.488. The molecule has 0 aromatic carbocycles. The molecule has 0 N–H and O–H groups in total. The molecule has 0 aromatic heterocycles. The molecule has 0 amide bonds. The number of ether oxygens (including phenoxy) is 1. The molecule has 0 aromatic rings. The minimum absolute atomic E-state index is 0.0376.